The number of para-hydroxylation sites is 1. The molecule has 1 unspecified atom stereocenters. The first-order chi connectivity index (χ1) is 6.65. The maximum absolute atomic E-state index is 3.25. The van der Waals surface area contributed by atoms with E-state index in [1.165, 1.54) is 17.7 Å². The van der Waals surface area contributed by atoms with Gasteiger partial charge in [-0.05, 0) is 29.9 Å². The standard InChI is InChI=1S/C13H21N/c1-10(2)9-11(3)12-7-5-6-8-13(12)14-4/h5-8,10-11,14H,9H2,1-4H3. The van der Waals surface area contributed by atoms with Crippen molar-refractivity contribution in [1.29, 1.82) is 0 Å². The Morgan fingerprint density at radius 3 is 2.36 bits per heavy atom. The average molecular weight is 191 g/mol. The number of hydrogen-bond donors (Lipinski definition) is 1. The summed E-state index contributed by atoms with van der Waals surface area (Å²) in [5.74, 6) is 1.40. The van der Waals surface area contributed by atoms with Crippen LogP contribution in [0.2, 0.25) is 0 Å². The van der Waals surface area contributed by atoms with E-state index in [1.807, 2.05) is 7.05 Å². The molecule has 0 radical (unpaired) electrons. The molecule has 1 heteroatoms. The van der Waals surface area contributed by atoms with Gasteiger partial charge in [-0.3, -0.25) is 0 Å². The van der Waals surface area contributed by atoms with Gasteiger partial charge in [-0.1, -0.05) is 39.0 Å². The molecule has 0 fully saturated rings. The molecule has 0 bridgehead atoms. The van der Waals surface area contributed by atoms with Crippen molar-refractivity contribution in [3.8, 4) is 0 Å². The largest absolute Gasteiger partial charge is 0.388 e. The molecule has 0 saturated carbocycles. The zero-order chi connectivity index (χ0) is 10.6. The van der Waals surface area contributed by atoms with Gasteiger partial charge in [-0.2, -0.15) is 0 Å². The number of hydrogen-bond acceptors (Lipinski definition) is 1. The van der Waals surface area contributed by atoms with E-state index in [0.29, 0.717) is 5.92 Å². The van der Waals surface area contributed by atoms with Crippen LogP contribution in [0.15, 0.2) is 24.3 Å². The highest BCUT2D eigenvalue weighted by Gasteiger charge is 2.10. The average Bonchev–Trinajstić information content (AvgIpc) is 2.16. The van der Waals surface area contributed by atoms with Crippen LogP contribution in [0.25, 0.3) is 0 Å². The Labute approximate surface area is 87.5 Å². The molecule has 1 N–H and O–H groups in total. The Kier molecular flexibility index (Phi) is 3.99. The van der Waals surface area contributed by atoms with Gasteiger partial charge in [0, 0.05) is 12.7 Å². The maximum atomic E-state index is 3.25. The Bertz CT molecular complexity index is 278. The van der Waals surface area contributed by atoms with E-state index in [4.69, 9.17) is 0 Å². The van der Waals surface area contributed by atoms with E-state index < -0.39 is 0 Å². The van der Waals surface area contributed by atoms with Crippen molar-refractivity contribution in [3.05, 3.63) is 29.8 Å². The number of rotatable bonds is 4. The fourth-order valence-electron chi connectivity index (χ4n) is 1.99. The second-order valence-corrected chi connectivity index (χ2v) is 4.37. The minimum absolute atomic E-state index is 0.638. The first kappa shape index (κ1) is 11.1. The molecule has 1 atom stereocenters. The highest BCUT2D eigenvalue weighted by molar-refractivity contribution is 5.52. The third-order valence-electron chi connectivity index (χ3n) is 2.59. The van der Waals surface area contributed by atoms with Crippen LogP contribution in [0.4, 0.5) is 5.69 Å². The summed E-state index contributed by atoms with van der Waals surface area (Å²) in [6.45, 7) is 6.85. The summed E-state index contributed by atoms with van der Waals surface area (Å²) in [7, 11) is 1.99. The summed E-state index contributed by atoms with van der Waals surface area (Å²) in [5, 5.41) is 3.25. The van der Waals surface area contributed by atoms with Gasteiger partial charge in [-0.25, -0.2) is 0 Å². The molecule has 0 aromatic heterocycles. The van der Waals surface area contributed by atoms with E-state index in [2.05, 4.69) is 50.4 Å². The van der Waals surface area contributed by atoms with E-state index >= 15 is 0 Å². The molecule has 14 heavy (non-hydrogen) atoms. The molecule has 0 aliphatic rings. The van der Waals surface area contributed by atoms with Gasteiger partial charge in [0.05, 0.1) is 0 Å². The van der Waals surface area contributed by atoms with Gasteiger partial charge in [0.15, 0.2) is 0 Å². The molecule has 1 aromatic carbocycles. The van der Waals surface area contributed by atoms with E-state index in [-0.39, 0.29) is 0 Å². The van der Waals surface area contributed by atoms with Gasteiger partial charge in [-0.15, -0.1) is 0 Å². The summed E-state index contributed by atoms with van der Waals surface area (Å²) in [6.07, 6.45) is 1.25. The Hall–Kier alpha value is -0.980. The van der Waals surface area contributed by atoms with Crippen molar-refractivity contribution in [2.75, 3.05) is 12.4 Å². The third kappa shape index (κ3) is 2.76. The predicted octanol–water partition coefficient (Wildman–Crippen LogP) is 3.88. The first-order valence-corrected chi connectivity index (χ1v) is 5.41. The van der Waals surface area contributed by atoms with Crippen LogP contribution in [0.1, 0.15) is 38.7 Å². The van der Waals surface area contributed by atoms with E-state index in [0.717, 1.165) is 5.92 Å². The zero-order valence-electron chi connectivity index (χ0n) is 9.67. The van der Waals surface area contributed by atoms with Crippen molar-refractivity contribution < 1.29 is 0 Å². The first-order valence-electron chi connectivity index (χ1n) is 5.41. The van der Waals surface area contributed by atoms with Crippen LogP contribution in [0.5, 0.6) is 0 Å². The second kappa shape index (κ2) is 5.04. The topological polar surface area (TPSA) is 12.0 Å². The molecule has 0 heterocycles. The lowest BCUT2D eigenvalue weighted by Crippen LogP contribution is -2.02. The van der Waals surface area contributed by atoms with Crippen LogP contribution >= 0.6 is 0 Å². The normalized spacial score (nSPS) is 12.9. The van der Waals surface area contributed by atoms with Crippen LogP contribution in [-0.2, 0) is 0 Å². The molecule has 0 aliphatic carbocycles. The lowest BCUT2D eigenvalue weighted by atomic mass is 9.91. The Morgan fingerprint density at radius 2 is 1.79 bits per heavy atom. The number of benzene rings is 1. The third-order valence-corrected chi connectivity index (χ3v) is 2.59. The SMILES string of the molecule is CNc1ccccc1C(C)CC(C)C. The quantitative estimate of drug-likeness (QED) is 0.761. The van der Waals surface area contributed by atoms with Gasteiger partial charge >= 0.3 is 0 Å². The molecular weight excluding hydrogens is 170 g/mol. The molecule has 1 aromatic rings. The van der Waals surface area contributed by atoms with E-state index in [1.54, 1.807) is 0 Å². The van der Waals surface area contributed by atoms with Crippen molar-refractivity contribution in [2.45, 2.75) is 33.1 Å². The van der Waals surface area contributed by atoms with Crippen LogP contribution in [0.3, 0.4) is 0 Å². The number of nitrogens with one attached hydrogen (secondary N) is 1. The molecular formula is C13H21N. The van der Waals surface area contributed by atoms with Gasteiger partial charge < -0.3 is 5.32 Å². The Balaban J connectivity index is 2.82. The minimum Gasteiger partial charge on any atom is -0.388 e. The minimum atomic E-state index is 0.638. The summed E-state index contributed by atoms with van der Waals surface area (Å²) < 4.78 is 0. The van der Waals surface area contributed by atoms with Crippen LogP contribution in [-0.4, -0.2) is 7.05 Å². The van der Waals surface area contributed by atoms with Crippen molar-refractivity contribution in [2.24, 2.45) is 5.92 Å². The van der Waals surface area contributed by atoms with Crippen molar-refractivity contribution in [1.82, 2.24) is 0 Å². The monoisotopic (exact) mass is 191 g/mol. The van der Waals surface area contributed by atoms with E-state index in [9.17, 15) is 0 Å². The van der Waals surface area contributed by atoms with Crippen molar-refractivity contribution in [3.63, 3.8) is 0 Å². The van der Waals surface area contributed by atoms with Crippen molar-refractivity contribution >= 4 is 5.69 Å². The smallest absolute Gasteiger partial charge is 0.0372 e. The molecule has 78 valence electrons. The summed E-state index contributed by atoms with van der Waals surface area (Å²) in [5.41, 5.74) is 2.70. The zero-order valence-corrected chi connectivity index (χ0v) is 9.67. The molecule has 0 aliphatic heterocycles. The highest BCUT2D eigenvalue weighted by atomic mass is 14.8. The fourth-order valence-corrected chi connectivity index (χ4v) is 1.99. The summed E-state index contributed by atoms with van der Waals surface area (Å²) in [4.78, 5) is 0. The fraction of sp³-hybridized carbons (Fsp3) is 0.538. The predicted molar refractivity (Wildman–Crippen MR) is 63.9 cm³/mol. The molecule has 0 spiro atoms. The second-order valence-electron chi connectivity index (χ2n) is 4.37. The lowest BCUT2D eigenvalue weighted by molar-refractivity contribution is 0.524. The van der Waals surface area contributed by atoms with Gasteiger partial charge in [0.1, 0.15) is 0 Å². The molecule has 0 amide bonds. The Morgan fingerprint density at radius 1 is 1.14 bits per heavy atom. The molecule has 1 rings (SSSR count). The highest BCUT2D eigenvalue weighted by Crippen LogP contribution is 2.28. The van der Waals surface area contributed by atoms with Gasteiger partial charge in [0.25, 0.3) is 0 Å². The summed E-state index contributed by atoms with van der Waals surface area (Å²) in [6, 6.07) is 8.56. The number of anilines is 1. The maximum Gasteiger partial charge on any atom is 0.0372 e. The summed E-state index contributed by atoms with van der Waals surface area (Å²) >= 11 is 0. The van der Waals surface area contributed by atoms with Crippen LogP contribution in [0, 0.1) is 5.92 Å². The molecule has 1 nitrogen and oxygen atoms in total. The van der Waals surface area contributed by atoms with Crippen LogP contribution < -0.4 is 5.32 Å². The lowest BCUT2D eigenvalue weighted by Gasteiger charge is -2.17. The molecule has 0 saturated heterocycles. The van der Waals surface area contributed by atoms with Gasteiger partial charge in [0.2, 0.25) is 0 Å².